The first kappa shape index (κ1) is 18.2. The minimum absolute atomic E-state index is 0. The van der Waals surface area contributed by atoms with Crippen molar-refractivity contribution in [2.24, 2.45) is 5.73 Å². The van der Waals surface area contributed by atoms with Gasteiger partial charge < -0.3 is 15.4 Å². The molecule has 1 aromatic carbocycles. The fourth-order valence-corrected chi connectivity index (χ4v) is 3.84. The molecule has 2 aromatic heterocycles. The maximum absolute atomic E-state index is 5.94. The predicted octanol–water partition coefficient (Wildman–Crippen LogP) is 2.99. The SMILES string of the molecule is Cl.NCc1ccc(-c2ncnn3cc(N4CCOCC4)cc23)cc1C1CC1. The van der Waals surface area contributed by atoms with Crippen molar-refractivity contribution in [2.75, 3.05) is 31.2 Å². The number of ether oxygens (including phenoxy) is 1. The Morgan fingerprint density at radius 2 is 1.96 bits per heavy atom. The number of aromatic nitrogens is 3. The highest BCUT2D eigenvalue weighted by molar-refractivity contribution is 5.85. The molecular formula is C20H24ClN5O. The zero-order valence-corrected chi connectivity index (χ0v) is 16.0. The topological polar surface area (TPSA) is 68.7 Å². The third-order valence-corrected chi connectivity index (χ3v) is 5.42. The Hall–Kier alpha value is -2.15. The Labute approximate surface area is 164 Å². The van der Waals surface area contributed by atoms with Crippen molar-refractivity contribution < 1.29 is 4.74 Å². The van der Waals surface area contributed by atoms with Crippen LogP contribution in [-0.2, 0) is 11.3 Å². The molecule has 1 saturated carbocycles. The number of benzene rings is 1. The van der Waals surface area contributed by atoms with Crippen LogP contribution in [0.25, 0.3) is 16.8 Å². The summed E-state index contributed by atoms with van der Waals surface area (Å²) in [6.45, 7) is 3.97. The molecule has 0 unspecified atom stereocenters. The Bertz CT molecular complexity index is 947. The molecule has 1 saturated heterocycles. The number of morpholine rings is 1. The molecule has 0 spiro atoms. The van der Waals surface area contributed by atoms with Gasteiger partial charge in [-0.2, -0.15) is 5.10 Å². The third kappa shape index (κ3) is 3.40. The lowest BCUT2D eigenvalue weighted by molar-refractivity contribution is 0.122. The van der Waals surface area contributed by atoms with E-state index in [0.717, 1.165) is 43.1 Å². The van der Waals surface area contributed by atoms with E-state index in [1.807, 2.05) is 4.52 Å². The molecular weight excluding hydrogens is 362 g/mol. The summed E-state index contributed by atoms with van der Waals surface area (Å²) in [5.41, 5.74) is 12.9. The quantitative estimate of drug-likeness (QED) is 0.747. The summed E-state index contributed by atoms with van der Waals surface area (Å²) in [7, 11) is 0. The first-order chi connectivity index (χ1) is 12.8. The number of nitrogens with two attached hydrogens (primary N) is 1. The predicted molar refractivity (Wildman–Crippen MR) is 109 cm³/mol. The molecule has 3 aromatic rings. The van der Waals surface area contributed by atoms with Crippen LogP contribution >= 0.6 is 12.4 Å². The molecule has 0 amide bonds. The number of rotatable bonds is 4. The van der Waals surface area contributed by atoms with Crippen LogP contribution in [0.5, 0.6) is 0 Å². The van der Waals surface area contributed by atoms with E-state index in [1.54, 1.807) is 6.33 Å². The van der Waals surface area contributed by atoms with Gasteiger partial charge in [-0.05, 0) is 42.0 Å². The van der Waals surface area contributed by atoms with E-state index in [-0.39, 0.29) is 12.4 Å². The van der Waals surface area contributed by atoms with Crippen LogP contribution in [0.1, 0.15) is 29.9 Å². The van der Waals surface area contributed by atoms with Crippen LogP contribution in [0.2, 0.25) is 0 Å². The minimum atomic E-state index is 0. The molecule has 1 aliphatic heterocycles. The van der Waals surface area contributed by atoms with E-state index in [9.17, 15) is 0 Å². The highest BCUT2D eigenvalue weighted by Gasteiger charge is 2.26. The number of fused-ring (bicyclic) bond motifs is 1. The molecule has 0 bridgehead atoms. The number of anilines is 1. The van der Waals surface area contributed by atoms with Gasteiger partial charge in [0, 0.05) is 25.2 Å². The molecule has 142 valence electrons. The summed E-state index contributed by atoms with van der Waals surface area (Å²) in [5, 5.41) is 4.41. The van der Waals surface area contributed by atoms with Crippen molar-refractivity contribution in [3.05, 3.63) is 47.9 Å². The molecule has 0 radical (unpaired) electrons. The Kier molecular flexibility index (Phi) is 5.04. The summed E-state index contributed by atoms with van der Waals surface area (Å²) in [6.07, 6.45) is 6.25. The third-order valence-electron chi connectivity index (χ3n) is 5.42. The van der Waals surface area contributed by atoms with E-state index < -0.39 is 0 Å². The molecule has 3 heterocycles. The van der Waals surface area contributed by atoms with Gasteiger partial charge in [0.15, 0.2) is 0 Å². The fourth-order valence-electron chi connectivity index (χ4n) is 3.84. The van der Waals surface area contributed by atoms with Gasteiger partial charge in [-0.15, -0.1) is 12.4 Å². The van der Waals surface area contributed by atoms with E-state index in [2.05, 4.69) is 45.4 Å². The van der Waals surface area contributed by atoms with E-state index in [4.69, 9.17) is 10.5 Å². The highest BCUT2D eigenvalue weighted by atomic mass is 35.5. The van der Waals surface area contributed by atoms with E-state index in [1.165, 1.54) is 29.7 Å². The van der Waals surface area contributed by atoms with Crippen LogP contribution < -0.4 is 10.6 Å². The minimum Gasteiger partial charge on any atom is -0.378 e. The second-order valence-corrected chi connectivity index (χ2v) is 7.13. The number of halogens is 1. The molecule has 2 fully saturated rings. The number of nitrogens with zero attached hydrogens (tertiary/aromatic N) is 4. The van der Waals surface area contributed by atoms with Crippen molar-refractivity contribution in [1.82, 2.24) is 14.6 Å². The summed E-state index contributed by atoms with van der Waals surface area (Å²) >= 11 is 0. The first-order valence-corrected chi connectivity index (χ1v) is 9.33. The molecule has 27 heavy (non-hydrogen) atoms. The standard InChI is InChI=1S/C20H23N5O.ClH/c21-11-16-4-3-15(9-18(16)14-1-2-14)20-19-10-17(12-25(19)23-13-22-20)24-5-7-26-8-6-24;/h3-4,9-10,12-14H,1-2,5-8,11,21H2;1H. The molecule has 1 aliphatic carbocycles. The van der Waals surface area contributed by atoms with Crippen LogP contribution in [0.3, 0.4) is 0 Å². The van der Waals surface area contributed by atoms with Gasteiger partial charge in [0.25, 0.3) is 0 Å². The summed E-state index contributed by atoms with van der Waals surface area (Å²) in [6, 6.07) is 8.77. The van der Waals surface area contributed by atoms with Crippen LogP contribution in [0, 0.1) is 0 Å². The molecule has 5 rings (SSSR count). The second kappa shape index (κ2) is 7.46. The van der Waals surface area contributed by atoms with Crippen LogP contribution in [-0.4, -0.2) is 40.9 Å². The van der Waals surface area contributed by atoms with Gasteiger partial charge in [-0.3, -0.25) is 0 Å². The van der Waals surface area contributed by atoms with Crippen LogP contribution in [0.15, 0.2) is 36.8 Å². The van der Waals surface area contributed by atoms with Crippen molar-refractivity contribution in [3.8, 4) is 11.3 Å². The average Bonchev–Trinajstić information content (AvgIpc) is 3.45. The molecule has 0 atom stereocenters. The van der Waals surface area contributed by atoms with Gasteiger partial charge in [0.05, 0.1) is 36.3 Å². The average molecular weight is 386 g/mol. The van der Waals surface area contributed by atoms with Gasteiger partial charge >= 0.3 is 0 Å². The molecule has 2 aliphatic rings. The van der Waals surface area contributed by atoms with Gasteiger partial charge in [0.1, 0.15) is 6.33 Å². The fraction of sp³-hybridized carbons (Fsp3) is 0.400. The zero-order chi connectivity index (χ0) is 17.5. The molecule has 2 N–H and O–H groups in total. The van der Waals surface area contributed by atoms with Gasteiger partial charge in [0.2, 0.25) is 0 Å². The maximum atomic E-state index is 5.94. The monoisotopic (exact) mass is 385 g/mol. The van der Waals surface area contributed by atoms with Crippen molar-refractivity contribution >= 4 is 23.6 Å². The largest absolute Gasteiger partial charge is 0.378 e. The number of hydrogen-bond acceptors (Lipinski definition) is 5. The van der Waals surface area contributed by atoms with Crippen LogP contribution in [0.4, 0.5) is 5.69 Å². The van der Waals surface area contributed by atoms with Gasteiger partial charge in [-0.1, -0.05) is 12.1 Å². The molecule has 6 nitrogen and oxygen atoms in total. The van der Waals surface area contributed by atoms with E-state index >= 15 is 0 Å². The van der Waals surface area contributed by atoms with Gasteiger partial charge in [-0.25, -0.2) is 9.50 Å². The number of hydrogen-bond donors (Lipinski definition) is 1. The lowest BCUT2D eigenvalue weighted by Gasteiger charge is -2.27. The lowest BCUT2D eigenvalue weighted by atomic mass is 9.98. The maximum Gasteiger partial charge on any atom is 0.137 e. The normalized spacial score (nSPS) is 17.1. The van der Waals surface area contributed by atoms with Crippen molar-refractivity contribution in [2.45, 2.75) is 25.3 Å². The van der Waals surface area contributed by atoms with Crippen molar-refractivity contribution in [3.63, 3.8) is 0 Å². The first-order valence-electron chi connectivity index (χ1n) is 9.33. The zero-order valence-electron chi connectivity index (χ0n) is 15.2. The van der Waals surface area contributed by atoms with E-state index in [0.29, 0.717) is 12.5 Å². The lowest BCUT2D eigenvalue weighted by Crippen LogP contribution is -2.35. The second-order valence-electron chi connectivity index (χ2n) is 7.13. The molecule has 7 heteroatoms. The summed E-state index contributed by atoms with van der Waals surface area (Å²) in [4.78, 5) is 6.95. The summed E-state index contributed by atoms with van der Waals surface area (Å²) < 4.78 is 7.40. The Balaban J connectivity index is 0.00000180. The Morgan fingerprint density at radius 3 is 2.70 bits per heavy atom. The highest BCUT2D eigenvalue weighted by Crippen LogP contribution is 2.43. The smallest absolute Gasteiger partial charge is 0.137 e. The van der Waals surface area contributed by atoms with Crippen molar-refractivity contribution in [1.29, 1.82) is 0 Å². The Morgan fingerprint density at radius 1 is 1.15 bits per heavy atom. The summed E-state index contributed by atoms with van der Waals surface area (Å²) in [5.74, 6) is 0.669.